The van der Waals surface area contributed by atoms with Crippen molar-refractivity contribution in [3.63, 3.8) is 0 Å². The molecular formula is C19H24N2O2. The molecule has 3 fully saturated rings. The van der Waals surface area contributed by atoms with Gasteiger partial charge in [-0.1, -0.05) is 18.2 Å². The molecule has 7 atom stereocenters. The van der Waals surface area contributed by atoms with Crippen LogP contribution in [0.1, 0.15) is 30.6 Å². The molecule has 2 unspecified atom stereocenters. The van der Waals surface area contributed by atoms with Crippen LogP contribution in [0.15, 0.2) is 24.3 Å². The topological polar surface area (TPSA) is 59.5 Å². The number of rotatable bonds is 2. The molecule has 4 heteroatoms. The molecule has 122 valence electrons. The molecule has 0 spiro atoms. The van der Waals surface area contributed by atoms with Gasteiger partial charge in [-0.05, 0) is 37.3 Å². The quantitative estimate of drug-likeness (QED) is 0.796. The molecule has 0 amide bonds. The fourth-order valence-electron chi connectivity index (χ4n) is 5.95. The van der Waals surface area contributed by atoms with Crippen LogP contribution in [-0.4, -0.2) is 45.4 Å². The van der Waals surface area contributed by atoms with Crippen LogP contribution in [-0.2, 0) is 6.42 Å². The first-order valence-electron chi connectivity index (χ1n) is 8.83. The van der Waals surface area contributed by atoms with Gasteiger partial charge in [-0.3, -0.25) is 4.90 Å². The van der Waals surface area contributed by atoms with Crippen LogP contribution in [0.25, 0.3) is 10.9 Å². The highest BCUT2D eigenvalue weighted by Crippen LogP contribution is 2.56. The van der Waals surface area contributed by atoms with Gasteiger partial charge in [0, 0.05) is 53.7 Å². The highest BCUT2D eigenvalue weighted by atomic mass is 16.3. The van der Waals surface area contributed by atoms with Gasteiger partial charge in [0.15, 0.2) is 0 Å². The van der Waals surface area contributed by atoms with E-state index in [2.05, 4.69) is 41.1 Å². The molecule has 5 heterocycles. The number of H-pyrrole nitrogens is 1. The van der Waals surface area contributed by atoms with Crippen LogP contribution in [0.2, 0.25) is 0 Å². The Morgan fingerprint density at radius 2 is 1.96 bits per heavy atom. The largest absolute Gasteiger partial charge is 0.396 e. The predicted molar refractivity (Wildman–Crippen MR) is 89.1 cm³/mol. The Morgan fingerprint density at radius 1 is 1.17 bits per heavy atom. The standard InChI is InChI=1S/C19H24N2O2/c1-10-14(8-22)12-6-18-19-13(7-17(21(10)18)15(12)9-23)11-4-2-3-5-16(11)20-19/h2-5,10,12,14-15,17-18,20,22-23H,6-9H2,1H3/t10-,12?,14-,15+,17-,18-/m0/s1. The third-order valence-electron chi connectivity index (χ3n) is 6.94. The van der Waals surface area contributed by atoms with Crippen LogP contribution in [0.5, 0.6) is 0 Å². The Kier molecular flexibility index (Phi) is 2.94. The van der Waals surface area contributed by atoms with Crippen molar-refractivity contribution >= 4 is 10.9 Å². The number of aliphatic hydroxyl groups excluding tert-OH is 2. The zero-order valence-corrected chi connectivity index (χ0v) is 13.4. The minimum atomic E-state index is 0.234. The molecule has 23 heavy (non-hydrogen) atoms. The first-order chi connectivity index (χ1) is 11.2. The van der Waals surface area contributed by atoms with Crippen LogP contribution in [0.3, 0.4) is 0 Å². The molecule has 3 saturated heterocycles. The Balaban J connectivity index is 1.68. The predicted octanol–water partition coefficient (Wildman–Crippen LogP) is 2.07. The van der Waals surface area contributed by atoms with E-state index in [-0.39, 0.29) is 13.2 Å². The van der Waals surface area contributed by atoms with E-state index in [0.29, 0.717) is 35.9 Å². The summed E-state index contributed by atoms with van der Waals surface area (Å²) in [6.07, 6.45) is 2.07. The number of piperidine rings is 3. The number of nitrogens with one attached hydrogen (secondary N) is 1. The third-order valence-corrected chi connectivity index (χ3v) is 6.94. The fraction of sp³-hybridized carbons (Fsp3) is 0.579. The zero-order chi connectivity index (χ0) is 15.7. The molecule has 2 aromatic rings. The smallest absolute Gasteiger partial charge is 0.0510 e. The van der Waals surface area contributed by atoms with E-state index < -0.39 is 0 Å². The monoisotopic (exact) mass is 312 g/mol. The van der Waals surface area contributed by atoms with Gasteiger partial charge in [0.2, 0.25) is 0 Å². The second kappa shape index (κ2) is 4.82. The van der Waals surface area contributed by atoms with Gasteiger partial charge in [-0.15, -0.1) is 0 Å². The Morgan fingerprint density at radius 3 is 2.74 bits per heavy atom. The number of para-hydroxylation sites is 1. The molecule has 4 nitrogen and oxygen atoms in total. The number of aromatic amines is 1. The van der Waals surface area contributed by atoms with Crippen molar-refractivity contribution in [1.29, 1.82) is 0 Å². The molecule has 0 saturated carbocycles. The normalized spacial score (nSPS) is 41.3. The molecule has 1 aromatic heterocycles. The first-order valence-corrected chi connectivity index (χ1v) is 8.83. The average molecular weight is 312 g/mol. The number of benzene rings is 1. The number of hydrogen-bond acceptors (Lipinski definition) is 3. The van der Waals surface area contributed by atoms with Crippen molar-refractivity contribution in [2.24, 2.45) is 17.8 Å². The summed E-state index contributed by atoms with van der Waals surface area (Å²) < 4.78 is 0. The fourth-order valence-corrected chi connectivity index (χ4v) is 5.95. The summed E-state index contributed by atoms with van der Waals surface area (Å²) in [5.41, 5.74) is 4.07. The summed E-state index contributed by atoms with van der Waals surface area (Å²) in [4.78, 5) is 6.27. The Bertz CT molecular complexity index is 755. The summed E-state index contributed by atoms with van der Waals surface area (Å²) in [5.74, 6) is 1.02. The van der Waals surface area contributed by atoms with Crippen LogP contribution < -0.4 is 0 Å². The van der Waals surface area contributed by atoms with E-state index in [9.17, 15) is 10.2 Å². The highest BCUT2D eigenvalue weighted by Gasteiger charge is 2.57. The lowest BCUT2D eigenvalue weighted by Crippen LogP contribution is -2.67. The van der Waals surface area contributed by atoms with Gasteiger partial charge in [-0.2, -0.15) is 0 Å². The maximum atomic E-state index is 10.0. The summed E-state index contributed by atoms with van der Waals surface area (Å²) in [6.45, 7) is 2.73. The van der Waals surface area contributed by atoms with Gasteiger partial charge in [0.25, 0.3) is 0 Å². The first kappa shape index (κ1) is 14.0. The summed E-state index contributed by atoms with van der Waals surface area (Å²) in [5, 5.41) is 21.2. The van der Waals surface area contributed by atoms with Crippen molar-refractivity contribution in [3.05, 3.63) is 35.5 Å². The lowest BCUT2D eigenvalue weighted by molar-refractivity contribution is -0.154. The lowest BCUT2D eigenvalue weighted by Gasteiger charge is -2.63. The summed E-state index contributed by atoms with van der Waals surface area (Å²) in [6, 6.07) is 9.79. The molecule has 0 radical (unpaired) electrons. The van der Waals surface area contributed by atoms with Crippen molar-refractivity contribution in [3.8, 4) is 0 Å². The molecule has 4 aliphatic heterocycles. The van der Waals surface area contributed by atoms with Crippen LogP contribution >= 0.6 is 0 Å². The van der Waals surface area contributed by atoms with E-state index in [1.165, 1.54) is 22.2 Å². The van der Waals surface area contributed by atoms with Crippen molar-refractivity contribution in [2.75, 3.05) is 13.2 Å². The molecule has 6 rings (SSSR count). The molecule has 1 aromatic carbocycles. The van der Waals surface area contributed by atoms with E-state index in [0.717, 1.165) is 12.8 Å². The van der Waals surface area contributed by atoms with E-state index in [4.69, 9.17) is 0 Å². The van der Waals surface area contributed by atoms with Gasteiger partial charge in [-0.25, -0.2) is 0 Å². The van der Waals surface area contributed by atoms with Gasteiger partial charge < -0.3 is 15.2 Å². The third kappa shape index (κ3) is 1.66. The van der Waals surface area contributed by atoms with Crippen molar-refractivity contribution in [2.45, 2.75) is 37.9 Å². The van der Waals surface area contributed by atoms with E-state index in [1.54, 1.807) is 0 Å². The average Bonchev–Trinajstić information content (AvgIpc) is 2.94. The highest BCUT2D eigenvalue weighted by molar-refractivity contribution is 5.85. The van der Waals surface area contributed by atoms with Gasteiger partial charge in [0.05, 0.1) is 6.04 Å². The lowest BCUT2D eigenvalue weighted by atomic mass is 9.60. The second-order valence-corrected chi connectivity index (χ2v) is 7.63. The van der Waals surface area contributed by atoms with Gasteiger partial charge in [0.1, 0.15) is 0 Å². The molecule has 0 aliphatic carbocycles. The minimum Gasteiger partial charge on any atom is -0.396 e. The maximum Gasteiger partial charge on any atom is 0.0510 e. The summed E-state index contributed by atoms with van der Waals surface area (Å²) in [7, 11) is 0. The van der Waals surface area contributed by atoms with Crippen molar-refractivity contribution in [1.82, 2.24) is 9.88 Å². The Hall–Kier alpha value is -1.36. The van der Waals surface area contributed by atoms with E-state index >= 15 is 0 Å². The summed E-state index contributed by atoms with van der Waals surface area (Å²) >= 11 is 0. The number of hydrogen-bond donors (Lipinski definition) is 3. The number of nitrogens with zero attached hydrogens (tertiary/aromatic N) is 1. The molecule has 3 N–H and O–H groups in total. The number of aliphatic hydroxyl groups is 2. The van der Waals surface area contributed by atoms with E-state index in [1.807, 2.05) is 0 Å². The van der Waals surface area contributed by atoms with Gasteiger partial charge >= 0.3 is 0 Å². The number of fused-ring (bicyclic) bond motifs is 4. The second-order valence-electron chi connectivity index (χ2n) is 7.63. The van der Waals surface area contributed by atoms with Crippen molar-refractivity contribution < 1.29 is 10.2 Å². The molecule has 4 aliphatic rings. The minimum absolute atomic E-state index is 0.234. The molecule has 4 bridgehead atoms. The van der Waals surface area contributed by atoms with Crippen LogP contribution in [0, 0.1) is 17.8 Å². The van der Waals surface area contributed by atoms with Crippen LogP contribution in [0.4, 0.5) is 0 Å². The Labute approximate surface area is 136 Å². The maximum absolute atomic E-state index is 10.0. The number of aromatic nitrogens is 1. The zero-order valence-electron chi connectivity index (χ0n) is 13.4. The SMILES string of the molecule is C[C@H]1[C@H](CO)C2C[C@H]3c4[nH]c5ccccc5c4C[C@@H]([C@@H]2CO)N31. The molecular weight excluding hydrogens is 288 g/mol.